The Balaban J connectivity index is 2.20. The molecule has 0 amide bonds. The number of guanidine groups is 1. The van der Waals surface area contributed by atoms with Crippen LogP contribution in [0.2, 0.25) is 0 Å². The smallest absolute Gasteiger partial charge is 0.191 e. The minimum absolute atomic E-state index is 0.0500. The summed E-state index contributed by atoms with van der Waals surface area (Å²) >= 11 is 0. The fourth-order valence-corrected chi connectivity index (χ4v) is 1.77. The van der Waals surface area contributed by atoms with E-state index in [1.807, 2.05) is 19.1 Å². The number of aliphatic imine (C=N–C) groups is 1. The molecule has 0 unspecified atom stereocenters. The second kappa shape index (κ2) is 5.01. The summed E-state index contributed by atoms with van der Waals surface area (Å²) in [5.41, 5.74) is 12.2. The van der Waals surface area contributed by atoms with Crippen LogP contribution >= 0.6 is 0 Å². The van der Waals surface area contributed by atoms with Gasteiger partial charge in [0.1, 0.15) is 5.82 Å². The maximum atomic E-state index is 5.35. The summed E-state index contributed by atoms with van der Waals surface area (Å²) in [4.78, 5) is 10.7. The molecule has 2 rings (SSSR count). The van der Waals surface area contributed by atoms with E-state index in [9.17, 15) is 0 Å². The zero-order chi connectivity index (χ0) is 12.3. The molecule has 6 nitrogen and oxygen atoms in total. The molecule has 0 radical (unpaired) electrons. The Labute approximate surface area is 100 Å². The second-order valence-electron chi connectivity index (χ2n) is 3.91. The van der Waals surface area contributed by atoms with E-state index >= 15 is 0 Å². The van der Waals surface area contributed by atoms with Crippen LogP contribution in [-0.2, 0) is 4.74 Å². The first-order valence-corrected chi connectivity index (χ1v) is 5.57. The lowest BCUT2D eigenvalue weighted by Gasteiger charge is -2.28. The summed E-state index contributed by atoms with van der Waals surface area (Å²) in [6.07, 6.45) is 0. The number of aryl methyl sites for hydroxylation is 1. The van der Waals surface area contributed by atoms with Crippen molar-refractivity contribution < 1.29 is 4.74 Å². The maximum Gasteiger partial charge on any atom is 0.191 e. The van der Waals surface area contributed by atoms with Crippen molar-refractivity contribution in [2.75, 3.05) is 31.2 Å². The largest absolute Gasteiger partial charge is 0.378 e. The molecule has 0 bridgehead atoms. The Hall–Kier alpha value is -1.82. The first-order chi connectivity index (χ1) is 8.16. The Morgan fingerprint density at radius 3 is 2.65 bits per heavy atom. The zero-order valence-corrected chi connectivity index (χ0v) is 9.89. The van der Waals surface area contributed by atoms with Gasteiger partial charge in [-0.25, -0.2) is 9.98 Å². The quantitative estimate of drug-likeness (QED) is 0.562. The number of morpholine rings is 1. The third-order valence-electron chi connectivity index (χ3n) is 2.63. The third kappa shape index (κ3) is 2.85. The number of nitrogens with zero attached hydrogens (tertiary/aromatic N) is 3. The topological polar surface area (TPSA) is 89.8 Å². The Kier molecular flexibility index (Phi) is 3.43. The standard InChI is InChI=1S/C11H17N5O/c1-8-9(15-11(12)13)2-3-10(14-8)16-4-6-17-7-5-16/h2-3H,4-7H2,1H3,(H4,12,13,15). The van der Waals surface area contributed by atoms with E-state index in [4.69, 9.17) is 16.2 Å². The van der Waals surface area contributed by atoms with Gasteiger partial charge in [-0.2, -0.15) is 0 Å². The molecule has 0 aliphatic carbocycles. The first kappa shape index (κ1) is 11.7. The average Bonchev–Trinajstić information content (AvgIpc) is 2.32. The van der Waals surface area contributed by atoms with Crippen molar-refractivity contribution in [3.63, 3.8) is 0 Å². The van der Waals surface area contributed by atoms with E-state index in [1.165, 1.54) is 0 Å². The van der Waals surface area contributed by atoms with Crippen LogP contribution in [0, 0.1) is 6.92 Å². The summed E-state index contributed by atoms with van der Waals surface area (Å²) < 4.78 is 5.30. The van der Waals surface area contributed by atoms with Crippen molar-refractivity contribution in [2.45, 2.75) is 6.92 Å². The van der Waals surface area contributed by atoms with Crippen LogP contribution in [0.3, 0.4) is 0 Å². The van der Waals surface area contributed by atoms with Gasteiger partial charge in [0, 0.05) is 13.1 Å². The Bertz CT molecular complexity index is 422. The molecule has 2 heterocycles. The number of ether oxygens (including phenoxy) is 1. The summed E-state index contributed by atoms with van der Waals surface area (Å²) in [5.74, 6) is 0.995. The van der Waals surface area contributed by atoms with E-state index in [2.05, 4.69) is 14.9 Å². The molecule has 0 spiro atoms. The summed E-state index contributed by atoms with van der Waals surface area (Å²) in [6, 6.07) is 3.81. The predicted octanol–water partition coefficient (Wildman–Crippen LogP) is 0.132. The number of pyridine rings is 1. The second-order valence-corrected chi connectivity index (χ2v) is 3.91. The fraction of sp³-hybridized carbons (Fsp3) is 0.455. The minimum Gasteiger partial charge on any atom is -0.378 e. The van der Waals surface area contributed by atoms with Crippen LogP contribution < -0.4 is 16.4 Å². The van der Waals surface area contributed by atoms with E-state index in [0.717, 1.165) is 37.8 Å². The van der Waals surface area contributed by atoms with Crippen molar-refractivity contribution in [2.24, 2.45) is 16.5 Å². The van der Waals surface area contributed by atoms with Gasteiger partial charge in [-0.15, -0.1) is 0 Å². The Morgan fingerprint density at radius 2 is 2.06 bits per heavy atom. The monoisotopic (exact) mass is 235 g/mol. The Morgan fingerprint density at radius 1 is 1.35 bits per heavy atom. The SMILES string of the molecule is Cc1nc(N2CCOCC2)ccc1N=C(N)N. The van der Waals surface area contributed by atoms with Crippen molar-refractivity contribution >= 4 is 17.5 Å². The molecule has 1 aromatic heterocycles. The highest BCUT2D eigenvalue weighted by molar-refractivity contribution is 5.79. The molecular formula is C11H17N5O. The van der Waals surface area contributed by atoms with Crippen LogP contribution in [0.4, 0.5) is 11.5 Å². The van der Waals surface area contributed by atoms with Gasteiger partial charge in [0.2, 0.25) is 0 Å². The molecule has 1 aliphatic rings. The van der Waals surface area contributed by atoms with Gasteiger partial charge in [-0.1, -0.05) is 0 Å². The molecular weight excluding hydrogens is 218 g/mol. The summed E-state index contributed by atoms with van der Waals surface area (Å²) in [7, 11) is 0. The number of nitrogens with two attached hydrogens (primary N) is 2. The minimum atomic E-state index is 0.0500. The molecule has 6 heteroatoms. The van der Waals surface area contributed by atoms with Gasteiger partial charge in [0.15, 0.2) is 5.96 Å². The molecule has 1 aliphatic heterocycles. The lowest BCUT2D eigenvalue weighted by Crippen LogP contribution is -2.36. The fourth-order valence-electron chi connectivity index (χ4n) is 1.77. The van der Waals surface area contributed by atoms with E-state index < -0.39 is 0 Å². The van der Waals surface area contributed by atoms with Crippen LogP contribution in [0.1, 0.15) is 5.69 Å². The molecule has 1 fully saturated rings. The van der Waals surface area contributed by atoms with E-state index in [0.29, 0.717) is 5.69 Å². The number of rotatable bonds is 2. The van der Waals surface area contributed by atoms with Gasteiger partial charge in [-0.3, -0.25) is 0 Å². The number of anilines is 1. The predicted molar refractivity (Wildman–Crippen MR) is 67.5 cm³/mol. The lowest BCUT2D eigenvalue weighted by molar-refractivity contribution is 0.122. The first-order valence-electron chi connectivity index (χ1n) is 5.57. The number of hydrogen-bond donors (Lipinski definition) is 2. The average molecular weight is 235 g/mol. The molecule has 1 saturated heterocycles. The lowest BCUT2D eigenvalue weighted by atomic mass is 10.3. The van der Waals surface area contributed by atoms with E-state index in [1.54, 1.807) is 0 Å². The highest BCUT2D eigenvalue weighted by atomic mass is 16.5. The third-order valence-corrected chi connectivity index (χ3v) is 2.63. The normalized spacial score (nSPS) is 15.7. The highest BCUT2D eigenvalue weighted by Gasteiger charge is 2.13. The molecule has 92 valence electrons. The summed E-state index contributed by atoms with van der Waals surface area (Å²) in [5, 5.41) is 0. The van der Waals surface area contributed by atoms with Crippen molar-refractivity contribution in [3.8, 4) is 0 Å². The van der Waals surface area contributed by atoms with Gasteiger partial charge in [0.25, 0.3) is 0 Å². The molecule has 1 aromatic rings. The summed E-state index contributed by atoms with van der Waals surface area (Å²) in [6.45, 7) is 5.13. The highest BCUT2D eigenvalue weighted by Crippen LogP contribution is 2.21. The van der Waals surface area contributed by atoms with Gasteiger partial charge >= 0.3 is 0 Å². The van der Waals surface area contributed by atoms with Crippen LogP contribution in [-0.4, -0.2) is 37.2 Å². The van der Waals surface area contributed by atoms with Crippen molar-refractivity contribution in [3.05, 3.63) is 17.8 Å². The van der Waals surface area contributed by atoms with Gasteiger partial charge in [0.05, 0.1) is 24.6 Å². The van der Waals surface area contributed by atoms with Crippen LogP contribution in [0.5, 0.6) is 0 Å². The maximum absolute atomic E-state index is 5.35. The number of aromatic nitrogens is 1. The van der Waals surface area contributed by atoms with Crippen molar-refractivity contribution in [1.82, 2.24) is 4.98 Å². The molecule has 0 atom stereocenters. The molecule has 17 heavy (non-hydrogen) atoms. The van der Waals surface area contributed by atoms with Crippen LogP contribution in [0.25, 0.3) is 0 Å². The van der Waals surface area contributed by atoms with Gasteiger partial charge in [-0.05, 0) is 19.1 Å². The van der Waals surface area contributed by atoms with Gasteiger partial charge < -0.3 is 21.1 Å². The molecule has 0 aromatic carbocycles. The zero-order valence-electron chi connectivity index (χ0n) is 9.89. The van der Waals surface area contributed by atoms with Crippen LogP contribution in [0.15, 0.2) is 17.1 Å². The number of hydrogen-bond acceptors (Lipinski definition) is 4. The molecule has 4 N–H and O–H groups in total. The molecule has 0 saturated carbocycles. The van der Waals surface area contributed by atoms with Crippen molar-refractivity contribution in [1.29, 1.82) is 0 Å². The van der Waals surface area contributed by atoms with E-state index in [-0.39, 0.29) is 5.96 Å².